The van der Waals surface area contributed by atoms with Crippen molar-refractivity contribution in [1.82, 2.24) is 4.98 Å². The molecule has 3 aromatic rings. The van der Waals surface area contributed by atoms with Crippen molar-refractivity contribution in [1.29, 1.82) is 0 Å². The topological polar surface area (TPSA) is 48.1 Å². The Labute approximate surface area is 157 Å². The molecular weight excluding hydrogens is 352 g/mol. The second-order valence-corrected chi connectivity index (χ2v) is 7.58. The van der Waals surface area contributed by atoms with Crippen molar-refractivity contribution < 1.29 is 4.74 Å². The van der Waals surface area contributed by atoms with E-state index in [1.807, 2.05) is 38.1 Å². The molecule has 0 saturated heterocycles. The maximum absolute atomic E-state index is 6.49. The fraction of sp³-hybridized carbons (Fsp3) is 0.250. The van der Waals surface area contributed by atoms with Gasteiger partial charge in [-0.15, -0.1) is 11.3 Å². The van der Waals surface area contributed by atoms with Crippen molar-refractivity contribution in [3.05, 3.63) is 56.9 Å². The van der Waals surface area contributed by atoms with Gasteiger partial charge in [0.15, 0.2) is 0 Å². The molecule has 0 fully saturated rings. The van der Waals surface area contributed by atoms with Gasteiger partial charge in [0.2, 0.25) is 0 Å². The highest BCUT2D eigenvalue weighted by atomic mass is 35.5. The van der Waals surface area contributed by atoms with Gasteiger partial charge in [-0.3, -0.25) is 0 Å². The zero-order valence-corrected chi connectivity index (χ0v) is 16.4. The molecule has 3 nitrogen and oxygen atoms in total. The minimum atomic E-state index is 0.489. The van der Waals surface area contributed by atoms with Crippen LogP contribution < -0.4 is 10.5 Å². The van der Waals surface area contributed by atoms with Crippen LogP contribution in [0.3, 0.4) is 0 Å². The first-order valence-electron chi connectivity index (χ1n) is 8.07. The fourth-order valence-electron chi connectivity index (χ4n) is 3.03. The molecule has 0 spiro atoms. The highest BCUT2D eigenvalue weighted by Crippen LogP contribution is 2.43. The summed E-state index contributed by atoms with van der Waals surface area (Å²) < 4.78 is 5.62. The predicted molar refractivity (Wildman–Crippen MR) is 107 cm³/mol. The summed E-state index contributed by atoms with van der Waals surface area (Å²) in [5, 5.41) is 1.72. The third-order valence-electron chi connectivity index (χ3n) is 4.37. The molecule has 0 amide bonds. The highest BCUT2D eigenvalue weighted by molar-refractivity contribution is 7.15. The molecular formula is C20H21ClN2OS. The summed E-state index contributed by atoms with van der Waals surface area (Å²) >= 11 is 8.15. The monoisotopic (exact) mass is 372 g/mol. The van der Waals surface area contributed by atoms with Crippen LogP contribution >= 0.6 is 22.9 Å². The Balaban J connectivity index is 2.22. The van der Waals surface area contributed by atoms with Crippen LogP contribution in [0.5, 0.6) is 5.75 Å². The van der Waals surface area contributed by atoms with Gasteiger partial charge in [-0.1, -0.05) is 35.9 Å². The van der Waals surface area contributed by atoms with Gasteiger partial charge in [-0.2, -0.15) is 0 Å². The average Bonchev–Trinajstić information content (AvgIpc) is 3.00. The largest absolute Gasteiger partial charge is 0.496 e. The van der Waals surface area contributed by atoms with Crippen LogP contribution in [0, 0.1) is 20.8 Å². The Morgan fingerprint density at radius 3 is 2.60 bits per heavy atom. The van der Waals surface area contributed by atoms with Crippen molar-refractivity contribution in [2.24, 2.45) is 5.73 Å². The summed E-state index contributed by atoms with van der Waals surface area (Å²) in [7, 11) is 1.68. The zero-order valence-electron chi connectivity index (χ0n) is 14.8. The molecule has 0 aliphatic rings. The smallest absolute Gasteiger partial charge is 0.128 e. The van der Waals surface area contributed by atoms with E-state index in [2.05, 4.69) is 13.0 Å². The Hall–Kier alpha value is -1.88. The van der Waals surface area contributed by atoms with Crippen LogP contribution in [0.4, 0.5) is 0 Å². The van der Waals surface area contributed by atoms with Crippen LogP contribution in [0.15, 0.2) is 30.3 Å². The molecule has 2 aromatic carbocycles. The first-order chi connectivity index (χ1) is 12.0. The molecule has 25 heavy (non-hydrogen) atoms. The lowest BCUT2D eigenvalue weighted by Crippen LogP contribution is -1.98. The lowest BCUT2D eigenvalue weighted by Gasteiger charge is -2.14. The van der Waals surface area contributed by atoms with Crippen molar-refractivity contribution in [3.63, 3.8) is 0 Å². The molecule has 5 heteroatoms. The minimum Gasteiger partial charge on any atom is -0.496 e. The Morgan fingerprint density at radius 2 is 1.92 bits per heavy atom. The molecule has 2 N–H and O–H groups in total. The third-order valence-corrected chi connectivity index (χ3v) is 5.95. The number of hydrogen-bond acceptors (Lipinski definition) is 4. The second-order valence-electron chi connectivity index (χ2n) is 5.99. The highest BCUT2D eigenvalue weighted by Gasteiger charge is 2.20. The number of nitrogens with zero attached hydrogens (tertiary/aromatic N) is 1. The van der Waals surface area contributed by atoms with E-state index in [1.54, 1.807) is 18.4 Å². The van der Waals surface area contributed by atoms with E-state index in [0.29, 0.717) is 6.54 Å². The molecule has 0 bridgehead atoms. The Bertz CT molecular complexity index is 934. The molecule has 0 aliphatic carbocycles. The fourth-order valence-corrected chi connectivity index (χ4v) is 4.16. The van der Waals surface area contributed by atoms with Gasteiger partial charge >= 0.3 is 0 Å². The summed E-state index contributed by atoms with van der Waals surface area (Å²) in [6.07, 6.45) is 0. The van der Waals surface area contributed by atoms with Crippen LogP contribution in [0.25, 0.3) is 21.8 Å². The van der Waals surface area contributed by atoms with Crippen LogP contribution in [0.2, 0.25) is 5.02 Å². The summed E-state index contributed by atoms with van der Waals surface area (Å²) in [5.41, 5.74) is 11.9. The number of aryl methyl sites for hydroxylation is 2. The zero-order chi connectivity index (χ0) is 18.1. The third kappa shape index (κ3) is 3.17. The lowest BCUT2D eigenvalue weighted by molar-refractivity contribution is 0.415. The molecule has 0 unspecified atom stereocenters. The number of rotatable bonds is 4. The second kappa shape index (κ2) is 7.16. The number of benzene rings is 2. The van der Waals surface area contributed by atoms with Crippen LogP contribution in [0.1, 0.15) is 21.6 Å². The van der Waals surface area contributed by atoms with E-state index in [4.69, 9.17) is 27.1 Å². The van der Waals surface area contributed by atoms with Gasteiger partial charge in [0.25, 0.3) is 0 Å². The van der Waals surface area contributed by atoms with Crippen molar-refractivity contribution in [2.45, 2.75) is 27.3 Å². The standard InChI is InChI=1S/C20H21ClN2OS/c1-11-9-16(24-4)17(12(2)18(11)21)19-13(3)25-20(23-19)15-8-6-5-7-14(15)10-22/h5-9H,10,22H2,1-4H3. The molecule has 1 heterocycles. The van der Waals surface area contributed by atoms with E-state index in [0.717, 1.165) is 54.2 Å². The first-order valence-corrected chi connectivity index (χ1v) is 9.27. The van der Waals surface area contributed by atoms with E-state index in [1.165, 1.54) is 0 Å². The molecule has 130 valence electrons. The van der Waals surface area contributed by atoms with Crippen LogP contribution in [-0.4, -0.2) is 12.1 Å². The molecule has 1 aromatic heterocycles. The SMILES string of the molecule is COc1cc(C)c(Cl)c(C)c1-c1nc(-c2ccccc2CN)sc1C. The maximum atomic E-state index is 6.49. The number of thiazole rings is 1. The van der Waals surface area contributed by atoms with Gasteiger partial charge in [0, 0.05) is 27.6 Å². The van der Waals surface area contributed by atoms with E-state index < -0.39 is 0 Å². The molecule has 0 aliphatic heterocycles. The normalized spacial score (nSPS) is 11.0. The quantitative estimate of drug-likeness (QED) is 0.655. The number of hydrogen-bond donors (Lipinski definition) is 1. The van der Waals surface area contributed by atoms with Gasteiger partial charge in [0.05, 0.1) is 12.8 Å². The van der Waals surface area contributed by atoms with Crippen molar-refractivity contribution in [3.8, 4) is 27.6 Å². The van der Waals surface area contributed by atoms with E-state index in [-0.39, 0.29) is 0 Å². The lowest BCUT2D eigenvalue weighted by atomic mass is 10.0. The maximum Gasteiger partial charge on any atom is 0.128 e. The molecule has 0 saturated carbocycles. The van der Waals surface area contributed by atoms with Gasteiger partial charge in [-0.05, 0) is 43.5 Å². The number of aromatic nitrogens is 1. The summed E-state index contributed by atoms with van der Waals surface area (Å²) in [5.74, 6) is 0.798. The molecule has 3 rings (SSSR count). The summed E-state index contributed by atoms with van der Waals surface area (Å²) in [4.78, 5) is 6.05. The first kappa shape index (κ1) is 17.9. The Kier molecular flexibility index (Phi) is 5.13. The number of ether oxygens (including phenoxy) is 1. The number of nitrogens with two attached hydrogens (primary N) is 1. The number of halogens is 1. The summed E-state index contributed by atoms with van der Waals surface area (Å²) in [6, 6.07) is 10.1. The minimum absolute atomic E-state index is 0.489. The van der Waals surface area contributed by atoms with Gasteiger partial charge in [-0.25, -0.2) is 4.98 Å². The number of methoxy groups -OCH3 is 1. The molecule has 0 radical (unpaired) electrons. The van der Waals surface area contributed by atoms with Gasteiger partial charge in [0.1, 0.15) is 10.8 Å². The van der Waals surface area contributed by atoms with Gasteiger partial charge < -0.3 is 10.5 Å². The van der Waals surface area contributed by atoms with E-state index >= 15 is 0 Å². The predicted octanol–water partition coefficient (Wildman–Crippen LogP) is 5.52. The average molecular weight is 373 g/mol. The van der Waals surface area contributed by atoms with E-state index in [9.17, 15) is 0 Å². The molecule has 0 atom stereocenters. The summed E-state index contributed by atoms with van der Waals surface area (Å²) in [6.45, 7) is 6.56. The Morgan fingerprint density at radius 1 is 1.20 bits per heavy atom. The van der Waals surface area contributed by atoms with Crippen LogP contribution in [-0.2, 0) is 6.54 Å². The van der Waals surface area contributed by atoms with Crippen molar-refractivity contribution in [2.75, 3.05) is 7.11 Å². The van der Waals surface area contributed by atoms with Crippen molar-refractivity contribution >= 4 is 22.9 Å².